The molecule has 0 fully saturated rings. The molecule has 0 atom stereocenters. The number of rotatable bonds is 3. The van der Waals surface area contributed by atoms with Gasteiger partial charge < -0.3 is 0 Å². The molecule has 54 heavy (non-hydrogen) atoms. The predicted molar refractivity (Wildman–Crippen MR) is 239 cm³/mol. The van der Waals surface area contributed by atoms with Gasteiger partial charge in [-0.3, -0.25) is 0 Å². The van der Waals surface area contributed by atoms with Crippen molar-refractivity contribution in [3.63, 3.8) is 0 Å². The highest BCUT2D eigenvalue weighted by atomic mass is 32.1. The van der Waals surface area contributed by atoms with Gasteiger partial charge in [-0.2, -0.15) is 0 Å². The van der Waals surface area contributed by atoms with Crippen molar-refractivity contribution in [2.75, 3.05) is 0 Å². The van der Waals surface area contributed by atoms with Crippen LogP contribution in [0, 0.1) is 0 Å². The van der Waals surface area contributed by atoms with E-state index in [1.807, 2.05) is 22.7 Å². The average Bonchev–Trinajstić information content (AvgIpc) is 3.80. The number of thiophene rings is 2. The maximum Gasteiger partial charge on any atom is 0.0434 e. The zero-order valence-electron chi connectivity index (χ0n) is 29.1. The molecule has 0 amide bonds. The Bertz CT molecular complexity index is 3430. The van der Waals surface area contributed by atoms with Crippen molar-refractivity contribution >= 4 is 106 Å². The van der Waals surface area contributed by atoms with Gasteiger partial charge in [0.05, 0.1) is 0 Å². The highest BCUT2D eigenvalue weighted by Gasteiger charge is 2.19. The molecule has 0 saturated carbocycles. The lowest BCUT2D eigenvalue weighted by Gasteiger charge is -2.19. The van der Waals surface area contributed by atoms with E-state index in [-0.39, 0.29) is 0 Å². The lowest BCUT2D eigenvalue weighted by Crippen LogP contribution is -1.92. The monoisotopic (exact) mass is 718 g/mol. The van der Waals surface area contributed by atoms with E-state index < -0.39 is 0 Å². The van der Waals surface area contributed by atoms with Crippen LogP contribution in [0.5, 0.6) is 0 Å². The van der Waals surface area contributed by atoms with Gasteiger partial charge in [-0.05, 0) is 101 Å². The summed E-state index contributed by atoms with van der Waals surface area (Å²) in [5.41, 5.74) is 7.61. The molecule has 0 spiro atoms. The van der Waals surface area contributed by atoms with Gasteiger partial charge in [-0.25, -0.2) is 0 Å². The molecule has 2 heteroatoms. The van der Waals surface area contributed by atoms with Crippen molar-refractivity contribution in [3.8, 4) is 33.4 Å². The van der Waals surface area contributed by atoms with Crippen LogP contribution in [0.2, 0.25) is 0 Å². The molecule has 0 unspecified atom stereocenters. The highest BCUT2D eigenvalue weighted by Crippen LogP contribution is 2.48. The summed E-state index contributed by atoms with van der Waals surface area (Å²) in [5.74, 6) is 0. The fourth-order valence-electron chi connectivity index (χ4n) is 9.05. The summed E-state index contributed by atoms with van der Waals surface area (Å²) < 4.78 is 5.41. The van der Waals surface area contributed by atoms with Crippen LogP contribution in [-0.4, -0.2) is 0 Å². The van der Waals surface area contributed by atoms with Gasteiger partial charge in [-0.1, -0.05) is 152 Å². The minimum Gasteiger partial charge on any atom is -0.135 e. The van der Waals surface area contributed by atoms with Crippen LogP contribution in [0.1, 0.15) is 0 Å². The highest BCUT2D eigenvalue weighted by molar-refractivity contribution is 7.27. The Morgan fingerprint density at radius 3 is 1.57 bits per heavy atom. The first-order chi connectivity index (χ1) is 26.8. The summed E-state index contributed by atoms with van der Waals surface area (Å²) in [5, 5.41) is 15.7. The Hall–Kier alpha value is -6.32. The lowest BCUT2D eigenvalue weighted by molar-refractivity contribution is 1.66. The van der Waals surface area contributed by atoms with Gasteiger partial charge in [0, 0.05) is 45.7 Å². The number of hydrogen-bond donors (Lipinski definition) is 0. The van der Waals surface area contributed by atoms with Crippen LogP contribution in [0.25, 0.3) is 117 Å². The first kappa shape index (κ1) is 30.2. The molecule has 2 heterocycles. The molecule has 0 saturated heterocycles. The molecule has 0 radical (unpaired) electrons. The molecule has 0 bridgehead atoms. The molecule has 0 aliphatic heterocycles. The molecule has 0 aliphatic carbocycles. The van der Waals surface area contributed by atoms with E-state index in [4.69, 9.17) is 0 Å². The zero-order chi connectivity index (χ0) is 35.3. The summed E-state index contributed by atoms with van der Waals surface area (Å²) in [4.78, 5) is 0. The number of fused-ring (bicyclic) bond motifs is 11. The van der Waals surface area contributed by atoms with Gasteiger partial charge >= 0.3 is 0 Å². The number of hydrogen-bond acceptors (Lipinski definition) is 2. The molecule has 0 N–H and O–H groups in total. The van der Waals surface area contributed by atoms with E-state index >= 15 is 0 Å². The molecule has 12 aromatic rings. The molecule has 250 valence electrons. The van der Waals surface area contributed by atoms with Gasteiger partial charge in [0.15, 0.2) is 0 Å². The fourth-order valence-corrected chi connectivity index (χ4v) is 11.4. The van der Waals surface area contributed by atoms with E-state index in [2.05, 4.69) is 182 Å². The van der Waals surface area contributed by atoms with Gasteiger partial charge in [-0.15, -0.1) is 22.7 Å². The van der Waals surface area contributed by atoms with Crippen LogP contribution >= 0.6 is 22.7 Å². The van der Waals surface area contributed by atoms with E-state index in [0.717, 1.165) is 0 Å². The van der Waals surface area contributed by atoms with Crippen molar-refractivity contribution in [2.24, 2.45) is 0 Å². The zero-order valence-corrected chi connectivity index (χ0v) is 30.8. The Morgan fingerprint density at radius 2 is 0.833 bits per heavy atom. The second-order valence-corrected chi connectivity index (χ2v) is 16.5. The smallest absolute Gasteiger partial charge is 0.0434 e. The van der Waals surface area contributed by atoms with Crippen LogP contribution in [0.4, 0.5) is 0 Å². The second-order valence-electron chi connectivity index (χ2n) is 14.3. The molecular formula is C52H30S2. The minimum absolute atomic E-state index is 1.24. The number of benzene rings is 10. The second kappa shape index (κ2) is 11.6. The van der Waals surface area contributed by atoms with Crippen LogP contribution in [0.15, 0.2) is 182 Å². The Labute approximate surface area is 319 Å². The summed E-state index contributed by atoms with van der Waals surface area (Å²) >= 11 is 3.82. The van der Waals surface area contributed by atoms with E-state index in [9.17, 15) is 0 Å². The summed E-state index contributed by atoms with van der Waals surface area (Å²) in [6.07, 6.45) is 0. The van der Waals surface area contributed by atoms with Crippen molar-refractivity contribution in [2.45, 2.75) is 0 Å². The fraction of sp³-hybridized carbons (Fsp3) is 0. The third-order valence-corrected chi connectivity index (χ3v) is 13.8. The molecule has 12 rings (SSSR count). The van der Waals surface area contributed by atoms with Gasteiger partial charge in [0.1, 0.15) is 0 Å². The molecule has 10 aromatic carbocycles. The topological polar surface area (TPSA) is 0 Å². The van der Waals surface area contributed by atoms with Crippen molar-refractivity contribution in [3.05, 3.63) is 182 Å². The van der Waals surface area contributed by atoms with Gasteiger partial charge in [0.2, 0.25) is 0 Å². The van der Waals surface area contributed by atoms with Crippen LogP contribution < -0.4 is 0 Å². The first-order valence-electron chi connectivity index (χ1n) is 18.5. The summed E-state index contributed by atoms with van der Waals surface area (Å²) in [6.45, 7) is 0. The van der Waals surface area contributed by atoms with E-state index in [1.165, 1.54) is 117 Å². The van der Waals surface area contributed by atoms with Crippen LogP contribution in [0.3, 0.4) is 0 Å². The molecular weight excluding hydrogens is 689 g/mol. The summed E-state index contributed by atoms with van der Waals surface area (Å²) in [6, 6.07) is 67.8. The normalized spacial score (nSPS) is 12.1. The average molecular weight is 719 g/mol. The Kier molecular flexibility index (Phi) is 6.48. The predicted octanol–water partition coefficient (Wildman–Crippen LogP) is 16.0. The first-order valence-corrected chi connectivity index (χ1v) is 20.1. The van der Waals surface area contributed by atoms with Gasteiger partial charge in [0.25, 0.3) is 0 Å². The third kappa shape index (κ3) is 4.36. The van der Waals surface area contributed by atoms with Crippen molar-refractivity contribution < 1.29 is 0 Å². The SMILES string of the molecule is c1ccc(-c2c3ccccc3c(-c3ccc(-c4ccc5sc6c7cc8sc9ccccc9c8cc7ccc6c5c4)c4ccccc34)c3ccccc23)cc1. The van der Waals surface area contributed by atoms with Crippen LogP contribution in [-0.2, 0) is 0 Å². The molecule has 0 nitrogen and oxygen atoms in total. The van der Waals surface area contributed by atoms with E-state index in [1.54, 1.807) is 0 Å². The summed E-state index contributed by atoms with van der Waals surface area (Å²) in [7, 11) is 0. The Morgan fingerprint density at radius 1 is 0.259 bits per heavy atom. The lowest BCUT2D eigenvalue weighted by atomic mass is 9.84. The maximum absolute atomic E-state index is 2.43. The minimum atomic E-state index is 1.24. The maximum atomic E-state index is 2.43. The van der Waals surface area contributed by atoms with Crippen molar-refractivity contribution in [1.82, 2.24) is 0 Å². The quantitative estimate of drug-likeness (QED) is 0.160. The largest absolute Gasteiger partial charge is 0.135 e. The third-order valence-electron chi connectivity index (χ3n) is 11.4. The Balaban J connectivity index is 1.06. The standard InChI is InChI=1S/C52H30S2/c1-2-12-31(13-3-1)50-38-17-6-8-19-40(38)51(41-20-9-7-18-39(41)50)42-26-25-34(35-14-4-5-15-36(35)42)32-23-27-48-46(28-32)43-24-22-33-29-45-37-16-10-11-21-47(37)53-49(45)30-44(33)52(43)54-48/h1-30H. The van der Waals surface area contributed by atoms with E-state index in [0.29, 0.717) is 0 Å². The molecule has 2 aromatic heterocycles. The van der Waals surface area contributed by atoms with Crippen molar-refractivity contribution in [1.29, 1.82) is 0 Å². The molecule has 0 aliphatic rings.